The summed E-state index contributed by atoms with van der Waals surface area (Å²) in [5, 5.41) is 2.78. The highest BCUT2D eigenvalue weighted by atomic mass is 32.2. The average molecular weight is 277 g/mol. The van der Waals surface area contributed by atoms with Crippen molar-refractivity contribution < 1.29 is 13.9 Å². The molecule has 0 atom stereocenters. The highest BCUT2D eigenvalue weighted by molar-refractivity contribution is 7.98. The van der Waals surface area contributed by atoms with Crippen molar-refractivity contribution in [3.05, 3.63) is 47.9 Å². The van der Waals surface area contributed by atoms with E-state index in [2.05, 4.69) is 5.32 Å². The average Bonchev–Trinajstić information content (AvgIpc) is 2.89. The number of ether oxygens (including phenoxy) is 1. The lowest BCUT2D eigenvalue weighted by Crippen LogP contribution is -2.10. The second-order valence-corrected chi connectivity index (χ2v) is 4.76. The Bertz CT molecular complexity index is 548. The molecule has 100 valence electrons. The molecule has 1 heterocycles. The minimum Gasteiger partial charge on any atom is -0.453 e. The van der Waals surface area contributed by atoms with Crippen LogP contribution in [0.25, 0.3) is 0 Å². The van der Waals surface area contributed by atoms with Crippen LogP contribution in [0.2, 0.25) is 0 Å². The number of benzene rings is 1. The SMILES string of the molecule is COCc1ccc(C(=O)Nc2ccc(SC)cc2)o1. The molecule has 4 nitrogen and oxygen atoms in total. The first-order chi connectivity index (χ1) is 9.22. The summed E-state index contributed by atoms with van der Waals surface area (Å²) >= 11 is 1.66. The molecule has 1 aromatic carbocycles. The number of hydrogen-bond acceptors (Lipinski definition) is 4. The minimum atomic E-state index is -0.265. The maximum atomic E-state index is 11.9. The summed E-state index contributed by atoms with van der Waals surface area (Å²) in [5.41, 5.74) is 0.743. The maximum Gasteiger partial charge on any atom is 0.291 e. The summed E-state index contributed by atoms with van der Waals surface area (Å²) in [7, 11) is 1.58. The van der Waals surface area contributed by atoms with E-state index in [1.54, 1.807) is 31.0 Å². The summed E-state index contributed by atoms with van der Waals surface area (Å²) in [6.07, 6.45) is 2.01. The lowest BCUT2D eigenvalue weighted by Gasteiger charge is -2.04. The third kappa shape index (κ3) is 3.62. The summed E-state index contributed by atoms with van der Waals surface area (Å²) in [5.74, 6) is 0.644. The standard InChI is InChI=1S/C14H15NO3S/c1-17-9-11-5-8-13(18-11)14(16)15-10-3-6-12(19-2)7-4-10/h3-8H,9H2,1-2H3,(H,15,16). The smallest absolute Gasteiger partial charge is 0.291 e. The third-order valence-corrected chi connectivity index (χ3v) is 3.26. The van der Waals surface area contributed by atoms with Gasteiger partial charge in [-0.3, -0.25) is 4.79 Å². The Morgan fingerprint density at radius 1 is 1.26 bits per heavy atom. The van der Waals surface area contributed by atoms with E-state index in [1.165, 1.54) is 0 Å². The lowest BCUT2D eigenvalue weighted by molar-refractivity contribution is 0.0987. The number of nitrogens with one attached hydrogen (secondary N) is 1. The topological polar surface area (TPSA) is 51.5 Å². The zero-order valence-electron chi connectivity index (χ0n) is 10.8. The summed E-state index contributed by atoms with van der Waals surface area (Å²) < 4.78 is 10.3. The number of carbonyl (C=O) groups is 1. The van der Waals surface area contributed by atoms with E-state index in [9.17, 15) is 4.79 Å². The molecule has 0 fully saturated rings. The zero-order valence-corrected chi connectivity index (χ0v) is 11.6. The molecule has 1 aromatic heterocycles. The summed E-state index contributed by atoms with van der Waals surface area (Å²) in [4.78, 5) is 13.1. The molecule has 5 heteroatoms. The highest BCUT2D eigenvalue weighted by Crippen LogP contribution is 2.18. The Balaban J connectivity index is 2.02. The maximum absolute atomic E-state index is 11.9. The van der Waals surface area contributed by atoms with Crippen LogP contribution >= 0.6 is 11.8 Å². The molecular weight excluding hydrogens is 262 g/mol. The van der Waals surface area contributed by atoms with E-state index in [1.807, 2.05) is 30.5 Å². The van der Waals surface area contributed by atoms with Gasteiger partial charge in [-0.15, -0.1) is 11.8 Å². The quantitative estimate of drug-likeness (QED) is 0.851. The van der Waals surface area contributed by atoms with E-state index >= 15 is 0 Å². The van der Waals surface area contributed by atoms with E-state index in [0.717, 1.165) is 10.6 Å². The van der Waals surface area contributed by atoms with Gasteiger partial charge >= 0.3 is 0 Å². The van der Waals surface area contributed by atoms with Crippen LogP contribution in [0.5, 0.6) is 0 Å². The third-order valence-electron chi connectivity index (χ3n) is 2.52. The number of furan rings is 1. The number of methoxy groups -OCH3 is 1. The fraction of sp³-hybridized carbons (Fsp3) is 0.214. The van der Waals surface area contributed by atoms with Crippen LogP contribution in [0.15, 0.2) is 45.7 Å². The highest BCUT2D eigenvalue weighted by Gasteiger charge is 2.11. The lowest BCUT2D eigenvalue weighted by atomic mass is 10.3. The molecule has 1 amide bonds. The van der Waals surface area contributed by atoms with E-state index in [-0.39, 0.29) is 11.7 Å². The van der Waals surface area contributed by atoms with E-state index in [0.29, 0.717) is 12.4 Å². The molecule has 0 unspecified atom stereocenters. The van der Waals surface area contributed by atoms with Crippen molar-refractivity contribution in [2.24, 2.45) is 0 Å². The number of anilines is 1. The molecule has 0 spiro atoms. The molecule has 1 N–H and O–H groups in total. The molecular formula is C14H15NO3S. The second kappa shape index (κ2) is 6.45. The van der Waals surface area contributed by atoms with E-state index in [4.69, 9.17) is 9.15 Å². The predicted molar refractivity (Wildman–Crippen MR) is 75.6 cm³/mol. The van der Waals surface area contributed by atoms with E-state index < -0.39 is 0 Å². The van der Waals surface area contributed by atoms with Gasteiger partial charge in [0.05, 0.1) is 0 Å². The number of amides is 1. The van der Waals surface area contributed by atoms with Crippen molar-refractivity contribution in [2.75, 3.05) is 18.7 Å². The van der Waals surface area contributed by atoms with Gasteiger partial charge < -0.3 is 14.5 Å². The van der Waals surface area contributed by atoms with Gasteiger partial charge in [-0.2, -0.15) is 0 Å². The van der Waals surface area contributed by atoms with Crippen LogP contribution in [0, 0.1) is 0 Å². The predicted octanol–water partition coefficient (Wildman–Crippen LogP) is 3.40. The Hall–Kier alpha value is -1.72. The van der Waals surface area contributed by atoms with Gasteiger partial charge in [0.25, 0.3) is 5.91 Å². The minimum absolute atomic E-state index is 0.265. The molecule has 0 aliphatic heterocycles. The molecule has 0 bridgehead atoms. The van der Waals surface area contributed by atoms with Crippen LogP contribution in [-0.4, -0.2) is 19.3 Å². The van der Waals surface area contributed by atoms with Gasteiger partial charge in [0, 0.05) is 17.7 Å². The Labute approximate surface area is 116 Å². The molecule has 0 saturated carbocycles. The number of rotatable bonds is 5. The van der Waals surface area contributed by atoms with Crippen LogP contribution in [0.1, 0.15) is 16.3 Å². The fourth-order valence-corrected chi connectivity index (χ4v) is 2.00. The Kier molecular flexibility index (Phi) is 4.65. The van der Waals surface area contributed by atoms with Crippen molar-refractivity contribution in [1.82, 2.24) is 0 Å². The molecule has 0 aliphatic rings. The van der Waals surface area contributed by atoms with Gasteiger partial charge in [0.2, 0.25) is 0 Å². The number of carbonyl (C=O) groups excluding carboxylic acids is 1. The van der Waals surface area contributed by atoms with Gasteiger partial charge in [0.1, 0.15) is 12.4 Å². The van der Waals surface area contributed by atoms with Gasteiger partial charge in [-0.05, 0) is 42.7 Å². The molecule has 0 aliphatic carbocycles. The zero-order chi connectivity index (χ0) is 13.7. The van der Waals surface area contributed by atoms with Crippen molar-refractivity contribution in [3.8, 4) is 0 Å². The number of hydrogen-bond donors (Lipinski definition) is 1. The van der Waals surface area contributed by atoms with Gasteiger partial charge in [-0.25, -0.2) is 0 Å². The second-order valence-electron chi connectivity index (χ2n) is 3.88. The van der Waals surface area contributed by atoms with Crippen molar-refractivity contribution in [3.63, 3.8) is 0 Å². The van der Waals surface area contributed by atoms with Crippen LogP contribution in [-0.2, 0) is 11.3 Å². The monoisotopic (exact) mass is 277 g/mol. The normalized spacial score (nSPS) is 10.4. The van der Waals surface area contributed by atoms with Gasteiger partial charge in [-0.1, -0.05) is 0 Å². The first-order valence-electron chi connectivity index (χ1n) is 5.76. The summed E-state index contributed by atoms with van der Waals surface area (Å²) in [6.45, 7) is 0.357. The van der Waals surface area contributed by atoms with Crippen LogP contribution < -0.4 is 5.32 Å². The fourth-order valence-electron chi connectivity index (χ4n) is 1.59. The molecule has 2 rings (SSSR count). The molecule has 2 aromatic rings. The molecule has 0 saturated heterocycles. The largest absolute Gasteiger partial charge is 0.453 e. The van der Waals surface area contributed by atoms with Crippen molar-refractivity contribution in [1.29, 1.82) is 0 Å². The molecule has 0 radical (unpaired) electrons. The summed E-state index contributed by atoms with van der Waals surface area (Å²) in [6, 6.07) is 11.0. The first-order valence-corrected chi connectivity index (χ1v) is 6.98. The first kappa shape index (κ1) is 13.7. The van der Waals surface area contributed by atoms with Crippen molar-refractivity contribution in [2.45, 2.75) is 11.5 Å². The van der Waals surface area contributed by atoms with Gasteiger partial charge in [0.15, 0.2) is 5.76 Å². The number of thioether (sulfide) groups is 1. The Morgan fingerprint density at radius 2 is 2.00 bits per heavy atom. The molecule has 19 heavy (non-hydrogen) atoms. The van der Waals surface area contributed by atoms with Crippen LogP contribution in [0.3, 0.4) is 0 Å². The van der Waals surface area contributed by atoms with Crippen LogP contribution in [0.4, 0.5) is 5.69 Å². The Morgan fingerprint density at radius 3 is 2.63 bits per heavy atom. The van der Waals surface area contributed by atoms with Crippen molar-refractivity contribution >= 4 is 23.4 Å².